The third kappa shape index (κ3) is 2.34. The molecule has 2 aromatic rings. The van der Waals surface area contributed by atoms with Crippen LogP contribution >= 0.6 is 50.1 Å². The first-order chi connectivity index (χ1) is 7.22. The van der Waals surface area contributed by atoms with Crippen LogP contribution in [0.1, 0.15) is 5.69 Å². The number of halogens is 3. The number of nitrogens with zero attached hydrogens (tertiary/aromatic N) is 3. The van der Waals surface area contributed by atoms with Crippen LogP contribution in [0.5, 0.6) is 0 Å². The van der Waals surface area contributed by atoms with E-state index in [1.165, 1.54) is 0 Å². The minimum Gasteiger partial charge on any atom is -0.215 e. The third-order valence-corrected chi connectivity index (χ3v) is 3.47. The first kappa shape index (κ1) is 11.3. The van der Waals surface area contributed by atoms with Crippen molar-refractivity contribution in [3.63, 3.8) is 0 Å². The molecule has 1 aromatic carbocycles. The Morgan fingerprint density at radius 2 is 2.27 bits per heavy atom. The summed E-state index contributed by atoms with van der Waals surface area (Å²) in [5.41, 5.74) is 1.82. The minimum absolute atomic E-state index is 0.394. The number of benzene rings is 1. The molecule has 0 bridgehead atoms. The summed E-state index contributed by atoms with van der Waals surface area (Å²) in [5.74, 6) is 0.394. The molecule has 0 spiro atoms. The molecule has 0 atom stereocenters. The molecule has 0 unspecified atom stereocenters. The van der Waals surface area contributed by atoms with Crippen molar-refractivity contribution >= 4 is 50.1 Å². The molecule has 0 amide bonds. The van der Waals surface area contributed by atoms with Gasteiger partial charge in [0.1, 0.15) is 0 Å². The molecule has 6 heteroatoms. The molecule has 1 aromatic heterocycles. The van der Waals surface area contributed by atoms with E-state index in [0.29, 0.717) is 5.88 Å². The van der Waals surface area contributed by atoms with Crippen molar-refractivity contribution in [3.05, 3.63) is 38.1 Å². The third-order valence-electron chi connectivity index (χ3n) is 1.89. The maximum Gasteiger partial charge on any atom is 0.0809 e. The number of rotatable bonds is 2. The molecule has 0 fully saturated rings. The highest BCUT2D eigenvalue weighted by atomic mass is 127. The van der Waals surface area contributed by atoms with Gasteiger partial charge in [0.15, 0.2) is 0 Å². The topological polar surface area (TPSA) is 30.7 Å². The maximum absolute atomic E-state index is 5.79. The van der Waals surface area contributed by atoms with Gasteiger partial charge in [-0.05, 0) is 56.7 Å². The molecule has 2 rings (SSSR count). The lowest BCUT2D eigenvalue weighted by atomic mass is 10.3. The highest BCUT2D eigenvalue weighted by Gasteiger charge is 2.08. The average molecular weight is 398 g/mol. The van der Waals surface area contributed by atoms with Gasteiger partial charge in [0, 0.05) is 8.04 Å². The molecule has 0 aliphatic carbocycles. The van der Waals surface area contributed by atoms with Gasteiger partial charge in [-0.25, -0.2) is 4.68 Å². The summed E-state index contributed by atoms with van der Waals surface area (Å²) in [6.07, 6.45) is 1.66. The van der Waals surface area contributed by atoms with Gasteiger partial charge in [-0.2, -0.15) is 0 Å². The summed E-state index contributed by atoms with van der Waals surface area (Å²) >= 11 is 11.5. The number of aromatic nitrogens is 3. The van der Waals surface area contributed by atoms with E-state index in [9.17, 15) is 0 Å². The van der Waals surface area contributed by atoms with Crippen LogP contribution in [0.15, 0.2) is 28.9 Å². The SMILES string of the molecule is ClCc1cnnn1-c1ccc(I)cc1Br. The predicted octanol–water partition coefficient (Wildman–Crippen LogP) is 3.37. The Hall–Kier alpha value is -0.140. The second-order valence-corrected chi connectivity index (χ2v) is 5.23. The molecule has 1 heterocycles. The summed E-state index contributed by atoms with van der Waals surface area (Å²) in [6.45, 7) is 0. The van der Waals surface area contributed by atoms with Crippen LogP contribution in [-0.2, 0) is 5.88 Å². The zero-order valence-electron chi connectivity index (χ0n) is 7.49. The van der Waals surface area contributed by atoms with Crippen LogP contribution in [-0.4, -0.2) is 15.0 Å². The lowest BCUT2D eigenvalue weighted by Gasteiger charge is -2.06. The van der Waals surface area contributed by atoms with Crippen LogP contribution < -0.4 is 0 Å². The average Bonchev–Trinajstić information content (AvgIpc) is 2.65. The molecule has 0 N–H and O–H groups in total. The molecule has 15 heavy (non-hydrogen) atoms. The van der Waals surface area contributed by atoms with Crippen molar-refractivity contribution in [3.8, 4) is 5.69 Å². The molecule has 0 radical (unpaired) electrons. The van der Waals surface area contributed by atoms with Crippen LogP contribution in [0.4, 0.5) is 0 Å². The maximum atomic E-state index is 5.79. The van der Waals surface area contributed by atoms with E-state index in [-0.39, 0.29) is 0 Å². The molecule has 0 aliphatic heterocycles. The Labute approximate surface area is 114 Å². The zero-order chi connectivity index (χ0) is 10.8. The Balaban J connectivity index is 2.54. The highest BCUT2D eigenvalue weighted by molar-refractivity contribution is 14.1. The van der Waals surface area contributed by atoms with Crippen LogP contribution in [0.2, 0.25) is 0 Å². The Kier molecular flexibility index (Phi) is 3.63. The first-order valence-electron chi connectivity index (χ1n) is 4.13. The summed E-state index contributed by atoms with van der Waals surface area (Å²) in [6, 6.07) is 6.02. The van der Waals surface area contributed by atoms with Crippen molar-refractivity contribution < 1.29 is 0 Å². The van der Waals surface area contributed by atoms with E-state index in [4.69, 9.17) is 11.6 Å². The predicted molar refractivity (Wildman–Crippen MR) is 71.3 cm³/mol. The number of alkyl halides is 1. The molecule has 0 saturated carbocycles. The Morgan fingerprint density at radius 3 is 2.93 bits per heavy atom. The van der Waals surface area contributed by atoms with Gasteiger partial charge < -0.3 is 0 Å². The van der Waals surface area contributed by atoms with Crippen LogP contribution in [0.3, 0.4) is 0 Å². The molecular formula is C9H6BrClIN3. The normalized spacial score (nSPS) is 10.6. The molecule has 3 nitrogen and oxygen atoms in total. The van der Waals surface area contributed by atoms with Crippen molar-refractivity contribution in [1.29, 1.82) is 0 Å². The van der Waals surface area contributed by atoms with Gasteiger partial charge in [0.05, 0.1) is 23.5 Å². The van der Waals surface area contributed by atoms with Crippen molar-refractivity contribution in [2.75, 3.05) is 0 Å². The van der Waals surface area contributed by atoms with E-state index in [2.05, 4.69) is 48.8 Å². The molecule has 78 valence electrons. The highest BCUT2D eigenvalue weighted by Crippen LogP contribution is 2.24. The molecule has 0 saturated heterocycles. The fourth-order valence-electron chi connectivity index (χ4n) is 1.20. The van der Waals surface area contributed by atoms with Crippen molar-refractivity contribution in [1.82, 2.24) is 15.0 Å². The monoisotopic (exact) mass is 397 g/mol. The number of hydrogen-bond donors (Lipinski definition) is 0. The first-order valence-corrected chi connectivity index (χ1v) is 6.54. The fraction of sp³-hybridized carbons (Fsp3) is 0.111. The second kappa shape index (κ2) is 4.80. The van der Waals surface area contributed by atoms with E-state index >= 15 is 0 Å². The van der Waals surface area contributed by atoms with Crippen LogP contribution in [0, 0.1) is 3.57 Å². The minimum atomic E-state index is 0.394. The van der Waals surface area contributed by atoms with Gasteiger partial charge in [0.25, 0.3) is 0 Å². The van der Waals surface area contributed by atoms with Gasteiger partial charge >= 0.3 is 0 Å². The Morgan fingerprint density at radius 1 is 1.47 bits per heavy atom. The lowest BCUT2D eigenvalue weighted by molar-refractivity contribution is 0.778. The van der Waals surface area contributed by atoms with Gasteiger partial charge in [-0.1, -0.05) is 5.21 Å². The quantitative estimate of drug-likeness (QED) is 0.574. The van der Waals surface area contributed by atoms with E-state index in [1.54, 1.807) is 10.9 Å². The largest absolute Gasteiger partial charge is 0.215 e. The summed E-state index contributed by atoms with van der Waals surface area (Å²) in [5, 5.41) is 7.84. The molecule has 0 aliphatic rings. The molecular weight excluding hydrogens is 392 g/mol. The van der Waals surface area contributed by atoms with E-state index in [1.807, 2.05) is 18.2 Å². The van der Waals surface area contributed by atoms with Crippen molar-refractivity contribution in [2.24, 2.45) is 0 Å². The van der Waals surface area contributed by atoms with Gasteiger partial charge in [-0.15, -0.1) is 16.7 Å². The summed E-state index contributed by atoms with van der Waals surface area (Å²) in [4.78, 5) is 0. The van der Waals surface area contributed by atoms with E-state index in [0.717, 1.165) is 19.4 Å². The Bertz CT molecular complexity index is 486. The number of hydrogen-bond acceptors (Lipinski definition) is 2. The summed E-state index contributed by atoms with van der Waals surface area (Å²) in [7, 11) is 0. The zero-order valence-corrected chi connectivity index (χ0v) is 12.0. The standard InChI is InChI=1S/C9H6BrClIN3/c10-8-3-6(12)1-2-9(8)15-7(4-11)5-13-14-15/h1-3,5H,4H2. The summed E-state index contributed by atoms with van der Waals surface area (Å²) < 4.78 is 3.87. The second-order valence-electron chi connectivity index (χ2n) is 2.87. The van der Waals surface area contributed by atoms with Gasteiger partial charge in [-0.3, -0.25) is 0 Å². The lowest BCUT2D eigenvalue weighted by Crippen LogP contribution is -2.01. The fourth-order valence-corrected chi connectivity index (χ4v) is 2.85. The van der Waals surface area contributed by atoms with Crippen molar-refractivity contribution in [2.45, 2.75) is 5.88 Å². The van der Waals surface area contributed by atoms with Crippen LogP contribution in [0.25, 0.3) is 5.69 Å². The van der Waals surface area contributed by atoms with E-state index < -0.39 is 0 Å². The smallest absolute Gasteiger partial charge is 0.0809 e. The van der Waals surface area contributed by atoms with Gasteiger partial charge in [0.2, 0.25) is 0 Å².